The van der Waals surface area contributed by atoms with E-state index in [1.165, 1.54) is 11.8 Å². The van der Waals surface area contributed by atoms with Gasteiger partial charge in [0.25, 0.3) is 11.1 Å². The third kappa shape index (κ3) is 3.06. The van der Waals surface area contributed by atoms with Crippen LogP contribution in [0.15, 0.2) is 27.9 Å². The molecule has 1 unspecified atom stereocenters. The van der Waals surface area contributed by atoms with Gasteiger partial charge in [-0.1, -0.05) is 6.07 Å². The number of aromatic nitrogens is 3. The van der Waals surface area contributed by atoms with E-state index in [2.05, 4.69) is 15.4 Å². The molecule has 25 heavy (non-hydrogen) atoms. The summed E-state index contributed by atoms with van der Waals surface area (Å²) in [6.07, 6.45) is 3.45. The monoisotopic (exact) mass is 378 g/mol. The second-order valence-corrected chi connectivity index (χ2v) is 8.43. The molecule has 2 aromatic rings. The molecule has 7 nitrogen and oxygen atoms in total. The lowest BCUT2D eigenvalue weighted by Crippen LogP contribution is -2.22. The summed E-state index contributed by atoms with van der Waals surface area (Å²) < 4.78 is 1.81. The van der Waals surface area contributed by atoms with Crippen LogP contribution in [-0.2, 0) is 4.79 Å². The minimum Gasteiger partial charge on any atom is -0.329 e. The number of anilines is 1. The molecule has 0 radical (unpaired) electrons. The number of aromatic amines is 2. The van der Waals surface area contributed by atoms with E-state index in [0.717, 1.165) is 24.3 Å². The number of hydrogen-bond donors (Lipinski definition) is 3. The number of thioether (sulfide) groups is 2. The summed E-state index contributed by atoms with van der Waals surface area (Å²) in [6, 6.07) is 3.61. The number of nitrogens with one attached hydrogen (secondary N) is 3. The Hall–Kier alpha value is -1.87. The molecule has 1 amide bonds. The van der Waals surface area contributed by atoms with Crippen molar-refractivity contribution in [2.45, 2.75) is 24.1 Å². The van der Waals surface area contributed by atoms with Gasteiger partial charge in [0.15, 0.2) is 0 Å². The molecular weight excluding hydrogens is 360 g/mol. The normalized spacial score (nSPS) is 21.4. The van der Waals surface area contributed by atoms with Crippen LogP contribution in [0.25, 0.3) is 0 Å². The first-order valence-corrected chi connectivity index (χ1v) is 10.4. The largest absolute Gasteiger partial charge is 0.329 e. The van der Waals surface area contributed by atoms with Gasteiger partial charge in [0.1, 0.15) is 5.82 Å². The summed E-state index contributed by atoms with van der Waals surface area (Å²) in [7, 11) is 0. The molecule has 4 heterocycles. The molecular formula is C16H18N4O3S2. The number of carbonyl (C=O) groups excluding carboxylic acids is 1. The topological polar surface area (TPSA) is 99.8 Å². The molecule has 0 aromatic carbocycles. The maximum atomic E-state index is 12.7. The van der Waals surface area contributed by atoms with Crippen LogP contribution < -0.4 is 16.4 Å². The average molecular weight is 378 g/mol. The third-order valence-corrected chi connectivity index (χ3v) is 6.85. The smallest absolute Gasteiger partial charge is 0.270 e. The lowest BCUT2D eigenvalue weighted by atomic mass is 10.1. The van der Waals surface area contributed by atoms with Crippen molar-refractivity contribution in [2.75, 3.05) is 22.6 Å². The van der Waals surface area contributed by atoms with E-state index in [1.807, 2.05) is 16.4 Å². The summed E-state index contributed by atoms with van der Waals surface area (Å²) >= 11 is 3.21. The highest BCUT2D eigenvalue weighted by Crippen LogP contribution is 2.40. The molecule has 0 aliphatic carbocycles. The van der Waals surface area contributed by atoms with Gasteiger partial charge < -0.3 is 10.3 Å². The molecule has 3 N–H and O–H groups in total. The standard InChI is InChI=1S/C16H18N4O3S2/c21-11-8-25-13(10-2-1-5-17-15(10)22)12-14(18-11)20(19-16(12)23)9-3-6-24-7-4-9/h1-2,5,9,13H,3-4,6-8H2,(H,17,22)(H,18,21)(H,19,23). The lowest BCUT2D eigenvalue weighted by Gasteiger charge is -2.24. The second kappa shape index (κ2) is 6.80. The molecule has 4 rings (SSSR count). The van der Waals surface area contributed by atoms with Crippen LogP contribution in [0.2, 0.25) is 0 Å². The van der Waals surface area contributed by atoms with Crippen molar-refractivity contribution in [3.05, 3.63) is 50.2 Å². The molecule has 132 valence electrons. The van der Waals surface area contributed by atoms with Gasteiger partial charge in [-0.2, -0.15) is 11.8 Å². The van der Waals surface area contributed by atoms with Crippen LogP contribution in [0.4, 0.5) is 5.82 Å². The van der Waals surface area contributed by atoms with Crippen LogP contribution in [0.1, 0.15) is 35.3 Å². The fraction of sp³-hybridized carbons (Fsp3) is 0.438. The zero-order chi connectivity index (χ0) is 17.4. The number of fused-ring (bicyclic) bond motifs is 1. The Morgan fingerprint density at radius 3 is 2.68 bits per heavy atom. The third-order valence-electron chi connectivity index (χ3n) is 4.55. The van der Waals surface area contributed by atoms with Crippen LogP contribution in [-0.4, -0.2) is 37.9 Å². The number of carbonyl (C=O) groups is 1. The van der Waals surface area contributed by atoms with E-state index >= 15 is 0 Å². The van der Waals surface area contributed by atoms with E-state index in [1.54, 1.807) is 18.3 Å². The van der Waals surface area contributed by atoms with Crippen LogP contribution in [0, 0.1) is 0 Å². The molecule has 2 aliphatic heterocycles. The molecule has 0 bridgehead atoms. The van der Waals surface area contributed by atoms with Crippen molar-refractivity contribution in [2.24, 2.45) is 0 Å². The second-order valence-electron chi connectivity index (χ2n) is 6.11. The van der Waals surface area contributed by atoms with Gasteiger partial charge in [-0.05, 0) is 30.4 Å². The molecule has 0 spiro atoms. The maximum absolute atomic E-state index is 12.7. The molecule has 1 atom stereocenters. The lowest BCUT2D eigenvalue weighted by molar-refractivity contribution is -0.113. The number of rotatable bonds is 2. The summed E-state index contributed by atoms with van der Waals surface area (Å²) in [5, 5.41) is 5.31. The number of hydrogen-bond acceptors (Lipinski definition) is 5. The molecule has 2 aromatic heterocycles. The van der Waals surface area contributed by atoms with Gasteiger partial charge in [0.05, 0.1) is 22.6 Å². The minimum absolute atomic E-state index is 0.154. The van der Waals surface area contributed by atoms with Crippen molar-refractivity contribution < 1.29 is 4.79 Å². The first kappa shape index (κ1) is 16.6. The van der Waals surface area contributed by atoms with E-state index in [9.17, 15) is 14.4 Å². The highest BCUT2D eigenvalue weighted by Gasteiger charge is 2.33. The predicted octanol–water partition coefficient (Wildman–Crippen LogP) is 1.71. The van der Waals surface area contributed by atoms with E-state index in [-0.39, 0.29) is 28.8 Å². The van der Waals surface area contributed by atoms with Gasteiger partial charge in [0, 0.05) is 11.8 Å². The average Bonchev–Trinajstić information content (AvgIpc) is 2.83. The fourth-order valence-corrected chi connectivity index (χ4v) is 5.57. The molecule has 1 fully saturated rings. The summed E-state index contributed by atoms with van der Waals surface area (Å²) in [6.45, 7) is 0. The van der Waals surface area contributed by atoms with Crippen LogP contribution in [0.3, 0.4) is 0 Å². The highest BCUT2D eigenvalue weighted by molar-refractivity contribution is 8.00. The minimum atomic E-state index is -0.470. The first-order valence-electron chi connectivity index (χ1n) is 8.16. The van der Waals surface area contributed by atoms with E-state index in [4.69, 9.17) is 0 Å². The molecule has 9 heteroatoms. The van der Waals surface area contributed by atoms with Crippen molar-refractivity contribution >= 4 is 35.2 Å². The van der Waals surface area contributed by atoms with Crippen LogP contribution >= 0.6 is 23.5 Å². The Bertz CT molecular complexity index is 911. The zero-order valence-electron chi connectivity index (χ0n) is 13.4. The van der Waals surface area contributed by atoms with Crippen molar-refractivity contribution in [3.63, 3.8) is 0 Å². The molecule has 1 saturated heterocycles. The van der Waals surface area contributed by atoms with Gasteiger partial charge in [-0.3, -0.25) is 24.2 Å². The Balaban J connectivity index is 1.86. The van der Waals surface area contributed by atoms with Gasteiger partial charge >= 0.3 is 0 Å². The Kier molecular flexibility index (Phi) is 4.51. The maximum Gasteiger partial charge on any atom is 0.270 e. The Morgan fingerprint density at radius 2 is 1.92 bits per heavy atom. The molecule has 0 saturated carbocycles. The summed E-state index contributed by atoms with van der Waals surface area (Å²) in [5.41, 5.74) is 0.483. The van der Waals surface area contributed by atoms with Crippen LogP contribution in [0.5, 0.6) is 0 Å². The summed E-state index contributed by atoms with van der Waals surface area (Å²) in [4.78, 5) is 39.8. The number of H-pyrrole nitrogens is 2. The Morgan fingerprint density at radius 1 is 1.12 bits per heavy atom. The number of pyridine rings is 1. The first-order chi connectivity index (χ1) is 12.1. The van der Waals surface area contributed by atoms with Crippen molar-refractivity contribution in [3.8, 4) is 0 Å². The van der Waals surface area contributed by atoms with Gasteiger partial charge in [0.2, 0.25) is 5.91 Å². The van der Waals surface area contributed by atoms with Gasteiger partial charge in [-0.15, -0.1) is 11.8 Å². The van der Waals surface area contributed by atoms with E-state index in [0.29, 0.717) is 16.9 Å². The summed E-state index contributed by atoms with van der Waals surface area (Å²) in [5.74, 6) is 2.63. The zero-order valence-corrected chi connectivity index (χ0v) is 15.0. The van der Waals surface area contributed by atoms with Crippen molar-refractivity contribution in [1.29, 1.82) is 0 Å². The quantitative estimate of drug-likeness (QED) is 0.739. The predicted molar refractivity (Wildman–Crippen MR) is 101 cm³/mol. The number of amides is 1. The number of nitrogens with zero attached hydrogens (tertiary/aromatic N) is 1. The fourth-order valence-electron chi connectivity index (χ4n) is 3.35. The highest BCUT2D eigenvalue weighted by atomic mass is 32.2. The Labute approximate surface area is 152 Å². The SMILES string of the molecule is O=C1CSC(c2ccc[nH]c2=O)c2c(n(C3CCSCC3)[nH]c2=O)N1. The van der Waals surface area contributed by atoms with E-state index < -0.39 is 5.25 Å². The van der Waals surface area contributed by atoms with Gasteiger partial charge in [-0.25, -0.2) is 0 Å². The molecule has 2 aliphatic rings. The van der Waals surface area contributed by atoms with Crippen molar-refractivity contribution in [1.82, 2.24) is 14.8 Å².